The van der Waals surface area contributed by atoms with Crippen LogP contribution in [0.2, 0.25) is 0 Å². The van der Waals surface area contributed by atoms with Crippen molar-refractivity contribution < 1.29 is 0 Å². The largest absolute Gasteiger partial charge is 0.398 e. The van der Waals surface area contributed by atoms with Crippen LogP contribution in [-0.2, 0) is 0 Å². The van der Waals surface area contributed by atoms with Crippen molar-refractivity contribution >= 4 is 38.0 Å². The minimum atomic E-state index is 0.778. The Morgan fingerprint density at radius 1 is 0.574 bits per heavy atom. The van der Waals surface area contributed by atoms with Crippen LogP contribution in [0, 0.1) is 0 Å². The molecule has 0 fully saturated rings. The van der Waals surface area contributed by atoms with Crippen molar-refractivity contribution in [3.05, 3.63) is 175 Å². The molecule has 0 aliphatic heterocycles. The molecule has 0 amide bonds. The smallest absolute Gasteiger partial charge is 0.0390 e. The summed E-state index contributed by atoms with van der Waals surface area (Å²) < 4.78 is 0. The fraction of sp³-hybridized carbons (Fsp3) is 0.0870. The first kappa shape index (κ1) is 31.3. The van der Waals surface area contributed by atoms with Gasteiger partial charge in [0.25, 0.3) is 0 Å². The number of fused-ring (bicyclic) bond motifs is 3. The first-order valence-corrected chi connectivity index (χ1v) is 16.4. The van der Waals surface area contributed by atoms with Crippen molar-refractivity contribution in [2.24, 2.45) is 5.73 Å². The van der Waals surface area contributed by atoms with Crippen LogP contribution in [0.4, 0.5) is 0 Å². The standard InChI is InChI=1S/C42H33N.C4H8/c1-3-28(2)25-40(43)31-22-19-30(20-23-31)33-13-10-14-34(26-33)41-36-15-6-8-17-38(36)42(39-18-9-7-16-37(39)41)35-24-21-29-11-4-5-12-32(29)27-35;1-3-4-2/h3-27H,43H2,1-2H3;3H,1,4H2,2H3/b28-3-,40-25-;. The SMILES string of the molecule is C/C=C(C)\C=C(/N)c1ccc(-c2cccc(-c3c4ccccc4c(-c4ccc5ccccc5c4)c4ccccc34)c2)cc1.C=CCC. The van der Waals surface area contributed by atoms with Gasteiger partial charge in [-0.15, -0.1) is 6.58 Å². The lowest BCUT2D eigenvalue weighted by atomic mass is 9.85. The summed E-state index contributed by atoms with van der Waals surface area (Å²) in [5, 5.41) is 7.56. The van der Waals surface area contributed by atoms with Gasteiger partial charge in [0.1, 0.15) is 0 Å². The Kier molecular flexibility index (Phi) is 9.46. The maximum atomic E-state index is 6.37. The number of hydrogen-bond donors (Lipinski definition) is 1. The number of hydrogen-bond acceptors (Lipinski definition) is 1. The lowest BCUT2D eigenvalue weighted by Crippen LogP contribution is -1.96. The topological polar surface area (TPSA) is 26.0 Å². The zero-order valence-corrected chi connectivity index (χ0v) is 27.5. The Bertz CT molecular complexity index is 2210. The van der Waals surface area contributed by atoms with E-state index in [2.05, 4.69) is 166 Å². The minimum absolute atomic E-state index is 0.778. The van der Waals surface area contributed by atoms with Gasteiger partial charge in [-0.1, -0.05) is 152 Å². The van der Waals surface area contributed by atoms with E-state index in [1.54, 1.807) is 0 Å². The van der Waals surface area contributed by atoms with Crippen LogP contribution in [0.3, 0.4) is 0 Å². The second-order valence-electron chi connectivity index (χ2n) is 11.9. The fourth-order valence-corrected chi connectivity index (χ4v) is 6.22. The van der Waals surface area contributed by atoms with Gasteiger partial charge in [0.15, 0.2) is 0 Å². The van der Waals surface area contributed by atoms with Crippen LogP contribution in [0.25, 0.3) is 71.4 Å². The minimum Gasteiger partial charge on any atom is -0.398 e. The molecule has 7 aromatic rings. The molecule has 0 saturated carbocycles. The van der Waals surface area contributed by atoms with Gasteiger partial charge in [-0.05, 0) is 110 Å². The van der Waals surface area contributed by atoms with Crippen molar-refractivity contribution in [3.8, 4) is 33.4 Å². The van der Waals surface area contributed by atoms with Crippen molar-refractivity contribution in [2.75, 3.05) is 0 Å². The van der Waals surface area contributed by atoms with E-state index in [1.807, 2.05) is 19.1 Å². The Labute approximate surface area is 279 Å². The highest BCUT2D eigenvalue weighted by atomic mass is 14.6. The summed E-state index contributed by atoms with van der Waals surface area (Å²) in [7, 11) is 0. The molecule has 0 aromatic heterocycles. The molecule has 0 radical (unpaired) electrons. The maximum absolute atomic E-state index is 6.37. The zero-order valence-electron chi connectivity index (χ0n) is 27.5. The van der Waals surface area contributed by atoms with Gasteiger partial charge >= 0.3 is 0 Å². The molecule has 0 spiro atoms. The quantitative estimate of drug-likeness (QED) is 0.114. The summed E-state index contributed by atoms with van der Waals surface area (Å²) in [5.41, 5.74) is 16.7. The van der Waals surface area contributed by atoms with Crippen LogP contribution in [0.15, 0.2) is 170 Å². The van der Waals surface area contributed by atoms with E-state index in [9.17, 15) is 0 Å². The third-order valence-corrected chi connectivity index (χ3v) is 8.80. The Balaban J connectivity index is 0.000000915. The van der Waals surface area contributed by atoms with Crippen LogP contribution in [0.5, 0.6) is 0 Å². The van der Waals surface area contributed by atoms with Crippen LogP contribution >= 0.6 is 0 Å². The highest BCUT2D eigenvalue weighted by Gasteiger charge is 2.17. The van der Waals surface area contributed by atoms with Crippen molar-refractivity contribution in [2.45, 2.75) is 27.2 Å². The van der Waals surface area contributed by atoms with Gasteiger partial charge < -0.3 is 5.73 Å². The van der Waals surface area contributed by atoms with Crippen LogP contribution in [0.1, 0.15) is 32.8 Å². The molecular formula is C46H41N. The molecule has 0 aliphatic carbocycles. The van der Waals surface area contributed by atoms with E-state index >= 15 is 0 Å². The summed E-state index contributed by atoms with van der Waals surface area (Å²) >= 11 is 0. The Morgan fingerprint density at radius 3 is 1.62 bits per heavy atom. The monoisotopic (exact) mass is 607 g/mol. The zero-order chi connectivity index (χ0) is 32.8. The Morgan fingerprint density at radius 2 is 1.06 bits per heavy atom. The molecule has 0 atom stereocenters. The summed E-state index contributed by atoms with van der Waals surface area (Å²) in [6, 6.07) is 50.6. The molecule has 0 heterocycles. The summed E-state index contributed by atoms with van der Waals surface area (Å²) in [6.45, 7) is 9.63. The van der Waals surface area contributed by atoms with Crippen LogP contribution < -0.4 is 5.73 Å². The molecule has 0 saturated heterocycles. The lowest BCUT2D eigenvalue weighted by Gasteiger charge is -2.18. The highest BCUT2D eigenvalue weighted by molar-refractivity contribution is 6.21. The molecule has 0 unspecified atom stereocenters. The average molecular weight is 608 g/mol. The van der Waals surface area contributed by atoms with E-state index < -0.39 is 0 Å². The predicted molar refractivity (Wildman–Crippen MR) is 207 cm³/mol. The molecule has 7 rings (SSSR count). The number of rotatable bonds is 6. The van der Waals surface area contributed by atoms with E-state index in [0.29, 0.717) is 0 Å². The molecule has 2 N–H and O–H groups in total. The third-order valence-electron chi connectivity index (χ3n) is 8.80. The molecule has 1 nitrogen and oxygen atoms in total. The molecule has 230 valence electrons. The average Bonchev–Trinajstić information content (AvgIpc) is 3.13. The maximum Gasteiger partial charge on any atom is 0.0390 e. The predicted octanol–water partition coefficient (Wildman–Crippen LogP) is 13.0. The fourth-order valence-electron chi connectivity index (χ4n) is 6.22. The van der Waals surface area contributed by atoms with E-state index in [-0.39, 0.29) is 0 Å². The van der Waals surface area contributed by atoms with Crippen LogP contribution in [-0.4, -0.2) is 0 Å². The van der Waals surface area contributed by atoms with Crippen molar-refractivity contribution in [1.82, 2.24) is 0 Å². The second-order valence-corrected chi connectivity index (χ2v) is 11.9. The van der Waals surface area contributed by atoms with Gasteiger partial charge in [-0.3, -0.25) is 0 Å². The normalized spacial score (nSPS) is 11.8. The molecule has 47 heavy (non-hydrogen) atoms. The summed E-state index contributed by atoms with van der Waals surface area (Å²) in [5.74, 6) is 0. The molecular weight excluding hydrogens is 567 g/mol. The van der Waals surface area contributed by atoms with E-state index in [0.717, 1.165) is 23.3 Å². The van der Waals surface area contributed by atoms with Gasteiger partial charge in [-0.2, -0.15) is 0 Å². The molecule has 7 aromatic carbocycles. The first-order valence-electron chi connectivity index (χ1n) is 16.4. The van der Waals surface area contributed by atoms with Gasteiger partial charge in [0.05, 0.1) is 0 Å². The second kappa shape index (κ2) is 14.2. The third kappa shape index (κ3) is 6.52. The number of allylic oxidation sites excluding steroid dienone is 4. The van der Waals surface area contributed by atoms with Gasteiger partial charge in [-0.25, -0.2) is 0 Å². The lowest BCUT2D eigenvalue weighted by molar-refractivity contribution is 1.23. The molecule has 0 bridgehead atoms. The highest BCUT2D eigenvalue weighted by Crippen LogP contribution is 2.44. The molecule has 0 aliphatic rings. The number of nitrogens with two attached hydrogens (primary N) is 1. The van der Waals surface area contributed by atoms with E-state index in [4.69, 9.17) is 5.73 Å². The number of benzene rings is 7. The Hall–Kier alpha value is -5.66. The van der Waals surface area contributed by atoms with Crippen molar-refractivity contribution in [3.63, 3.8) is 0 Å². The summed E-state index contributed by atoms with van der Waals surface area (Å²) in [6.07, 6.45) is 7.04. The molecule has 1 heteroatoms. The van der Waals surface area contributed by atoms with Crippen molar-refractivity contribution in [1.29, 1.82) is 0 Å². The van der Waals surface area contributed by atoms with Gasteiger partial charge in [0, 0.05) is 5.70 Å². The summed E-state index contributed by atoms with van der Waals surface area (Å²) in [4.78, 5) is 0. The van der Waals surface area contributed by atoms with Gasteiger partial charge in [0.2, 0.25) is 0 Å². The van der Waals surface area contributed by atoms with E-state index in [1.165, 1.54) is 65.7 Å². The first-order chi connectivity index (χ1) is 23.0.